The molecule has 0 fully saturated rings. The van der Waals surface area contributed by atoms with Crippen molar-refractivity contribution >= 4 is 12.0 Å². The highest BCUT2D eigenvalue weighted by Crippen LogP contribution is 2.23. The monoisotopic (exact) mass is 187 g/mol. The Morgan fingerprint density at radius 1 is 1.31 bits per heavy atom. The van der Waals surface area contributed by atoms with E-state index in [4.69, 9.17) is 0 Å². The fourth-order valence-corrected chi connectivity index (χ4v) is 0.854. The summed E-state index contributed by atoms with van der Waals surface area (Å²) in [5.74, 6) is -2.34. The first-order chi connectivity index (χ1) is 6.07. The van der Waals surface area contributed by atoms with Crippen LogP contribution >= 0.6 is 0 Å². The largest absolute Gasteiger partial charge is 0.318 e. The molecule has 0 bridgehead atoms. The normalized spacial score (nSPS) is 9.69. The molecule has 0 saturated heterocycles. The van der Waals surface area contributed by atoms with E-state index in [2.05, 4.69) is 0 Å². The van der Waals surface area contributed by atoms with Gasteiger partial charge in [-0.05, 0) is 12.1 Å². The molecule has 1 rings (SSSR count). The van der Waals surface area contributed by atoms with E-state index in [1.54, 1.807) is 0 Å². The second-order valence-electron chi connectivity index (χ2n) is 2.17. The first kappa shape index (κ1) is 9.24. The highest BCUT2D eigenvalue weighted by Gasteiger charge is 2.23. The van der Waals surface area contributed by atoms with Gasteiger partial charge < -0.3 is 0 Å². The summed E-state index contributed by atoms with van der Waals surface area (Å²) in [7, 11) is 0. The minimum absolute atomic E-state index is 0.0868. The van der Waals surface area contributed by atoms with Gasteiger partial charge in [0, 0.05) is 0 Å². The van der Waals surface area contributed by atoms with E-state index in [0.29, 0.717) is 12.1 Å². The fourth-order valence-electron chi connectivity index (χ4n) is 0.854. The van der Waals surface area contributed by atoms with Crippen molar-refractivity contribution < 1.29 is 18.5 Å². The van der Waals surface area contributed by atoms with E-state index in [1.807, 2.05) is 0 Å². The van der Waals surface area contributed by atoms with E-state index in [9.17, 15) is 23.7 Å². The van der Waals surface area contributed by atoms with E-state index < -0.39 is 27.8 Å². The number of carbonyl (C=O) groups is 1. The maximum atomic E-state index is 12.7. The standard InChI is InChI=1S/C7H3F2NO3/c8-5-1-2-6(9)7(10(12)13)4(5)3-11/h1-3H. The lowest BCUT2D eigenvalue weighted by Crippen LogP contribution is -2.00. The van der Waals surface area contributed by atoms with Gasteiger partial charge in [-0.25, -0.2) is 4.39 Å². The fraction of sp³-hybridized carbons (Fsp3) is 0. The van der Waals surface area contributed by atoms with Gasteiger partial charge in [0.25, 0.3) is 0 Å². The molecule has 1 aromatic carbocycles. The van der Waals surface area contributed by atoms with Crippen LogP contribution in [0.2, 0.25) is 0 Å². The molecule has 6 heteroatoms. The van der Waals surface area contributed by atoms with Gasteiger partial charge in [-0.15, -0.1) is 0 Å². The van der Waals surface area contributed by atoms with E-state index >= 15 is 0 Å². The smallest absolute Gasteiger partial charge is 0.297 e. The predicted molar refractivity (Wildman–Crippen MR) is 38.4 cm³/mol. The molecule has 0 radical (unpaired) electrons. The van der Waals surface area contributed by atoms with Crippen LogP contribution in [-0.2, 0) is 0 Å². The van der Waals surface area contributed by atoms with Crippen molar-refractivity contribution in [2.24, 2.45) is 0 Å². The van der Waals surface area contributed by atoms with Crippen LogP contribution in [0.15, 0.2) is 12.1 Å². The zero-order valence-electron chi connectivity index (χ0n) is 6.16. The number of nitro groups is 1. The highest BCUT2D eigenvalue weighted by molar-refractivity contribution is 5.81. The van der Waals surface area contributed by atoms with Gasteiger partial charge in [-0.2, -0.15) is 4.39 Å². The first-order valence-electron chi connectivity index (χ1n) is 3.15. The lowest BCUT2D eigenvalue weighted by molar-refractivity contribution is -0.387. The van der Waals surface area contributed by atoms with E-state index in [0.717, 1.165) is 0 Å². The molecular weight excluding hydrogens is 184 g/mol. The lowest BCUT2D eigenvalue weighted by atomic mass is 10.2. The van der Waals surface area contributed by atoms with Crippen molar-refractivity contribution in [3.63, 3.8) is 0 Å². The summed E-state index contributed by atoms with van der Waals surface area (Å²) in [6.07, 6.45) is -0.0868. The van der Waals surface area contributed by atoms with Crippen molar-refractivity contribution in [3.05, 3.63) is 39.4 Å². The summed E-state index contributed by atoms with van der Waals surface area (Å²) in [6, 6.07) is 1.26. The van der Waals surface area contributed by atoms with Crippen molar-refractivity contribution in [3.8, 4) is 0 Å². The summed E-state index contributed by atoms with van der Waals surface area (Å²) < 4.78 is 25.4. The van der Waals surface area contributed by atoms with Crippen molar-refractivity contribution in [1.82, 2.24) is 0 Å². The van der Waals surface area contributed by atoms with Crippen LogP contribution in [0.25, 0.3) is 0 Å². The molecule has 0 N–H and O–H groups in total. The number of hydrogen-bond acceptors (Lipinski definition) is 3. The first-order valence-corrected chi connectivity index (χ1v) is 3.15. The topological polar surface area (TPSA) is 60.2 Å². The Morgan fingerprint density at radius 3 is 2.23 bits per heavy atom. The quantitative estimate of drug-likeness (QED) is 0.402. The van der Waals surface area contributed by atoms with Crippen molar-refractivity contribution in [1.29, 1.82) is 0 Å². The Bertz CT molecular complexity index is 378. The summed E-state index contributed by atoms with van der Waals surface area (Å²) in [5, 5.41) is 10.2. The molecule has 1 aromatic rings. The minimum atomic E-state index is -1.23. The average Bonchev–Trinajstić information content (AvgIpc) is 2.07. The van der Waals surface area contributed by atoms with E-state index in [1.165, 1.54) is 0 Å². The Labute approximate surface area is 70.9 Å². The molecule has 68 valence electrons. The van der Waals surface area contributed by atoms with Crippen LogP contribution in [0, 0.1) is 21.7 Å². The minimum Gasteiger partial charge on any atom is -0.297 e. The number of halogens is 2. The van der Waals surface area contributed by atoms with Gasteiger partial charge in [-0.1, -0.05) is 0 Å². The van der Waals surface area contributed by atoms with Gasteiger partial charge in [0.1, 0.15) is 11.4 Å². The molecule has 4 nitrogen and oxygen atoms in total. The Kier molecular flexibility index (Phi) is 2.32. The Morgan fingerprint density at radius 2 is 1.85 bits per heavy atom. The van der Waals surface area contributed by atoms with Crippen LogP contribution < -0.4 is 0 Å². The van der Waals surface area contributed by atoms with Gasteiger partial charge >= 0.3 is 5.69 Å². The zero-order chi connectivity index (χ0) is 10.0. The molecule has 0 amide bonds. The van der Waals surface area contributed by atoms with Crippen LogP contribution in [0.4, 0.5) is 14.5 Å². The molecular formula is C7H3F2NO3. The van der Waals surface area contributed by atoms with Gasteiger partial charge in [0.15, 0.2) is 6.29 Å². The Hall–Kier alpha value is -1.85. The molecule has 0 heterocycles. The number of benzene rings is 1. The molecule has 0 unspecified atom stereocenters. The summed E-state index contributed by atoms with van der Waals surface area (Å²) >= 11 is 0. The third kappa shape index (κ3) is 1.51. The number of carbonyl (C=O) groups excluding carboxylic acids is 1. The average molecular weight is 187 g/mol. The summed E-state index contributed by atoms with van der Waals surface area (Å²) in [6.45, 7) is 0. The predicted octanol–water partition coefficient (Wildman–Crippen LogP) is 1.69. The lowest BCUT2D eigenvalue weighted by Gasteiger charge is -1.97. The van der Waals surface area contributed by atoms with Crippen LogP contribution in [0.5, 0.6) is 0 Å². The molecule has 0 aromatic heterocycles. The molecule has 0 aliphatic rings. The Balaban J connectivity index is 3.52. The maximum Gasteiger partial charge on any atom is 0.318 e. The number of nitro benzene ring substituents is 1. The second kappa shape index (κ2) is 3.26. The summed E-state index contributed by atoms with van der Waals surface area (Å²) in [5.41, 5.74) is -2.00. The van der Waals surface area contributed by atoms with Crippen LogP contribution in [0.3, 0.4) is 0 Å². The van der Waals surface area contributed by atoms with Gasteiger partial charge in [0.05, 0.1) is 4.92 Å². The maximum absolute atomic E-state index is 12.7. The number of hydrogen-bond donors (Lipinski definition) is 0. The second-order valence-corrected chi connectivity index (χ2v) is 2.17. The number of nitrogens with zero attached hydrogens (tertiary/aromatic N) is 1. The molecule has 0 atom stereocenters. The van der Waals surface area contributed by atoms with Gasteiger partial charge in [-0.3, -0.25) is 14.9 Å². The SMILES string of the molecule is O=Cc1c(F)ccc(F)c1[N+](=O)[O-]. The van der Waals surface area contributed by atoms with Crippen molar-refractivity contribution in [2.45, 2.75) is 0 Å². The van der Waals surface area contributed by atoms with Crippen LogP contribution in [-0.4, -0.2) is 11.2 Å². The molecule has 0 aliphatic heterocycles. The van der Waals surface area contributed by atoms with Gasteiger partial charge in [0.2, 0.25) is 5.82 Å². The van der Waals surface area contributed by atoms with Crippen molar-refractivity contribution in [2.75, 3.05) is 0 Å². The summed E-state index contributed by atoms with van der Waals surface area (Å²) in [4.78, 5) is 19.3. The number of rotatable bonds is 2. The molecule has 0 saturated carbocycles. The molecule has 0 spiro atoms. The number of aldehydes is 1. The van der Waals surface area contributed by atoms with Crippen LogP contribution in [0.1, 0.15) is 10.4 Å². The zero-order valence-corrected chi connectivity index (χ0v) is 6.16. The third-order valence-electron chi connectivity index (χ3n) is 1.42. The molecule has 13 heavy (non-hydrogen) atoms. The molecule has 0 aliphatic carbocycles. The third-order valence-corrected chi connectivity index (χ3v) is 1.42. The highest BCUT2D eigenvalue weighted by atomic mass is 19.1. The van der Waals surface area contributed by atoms with E-state index in [-0.39, 0.29) is 6.29 Å².